The van der Waals surface area contributed by atoms with E-state index >= 15 is 0 Å². The van der Waals surface area contributed by atoms with Gasteiger partial charge in [0.05, 0.1) is 11.8 Å². The Morgan fingerprint density at radius 3 is 2.54 bits per heavy atom. The maximum Gasteiger partial charge on any atom is 0.343 e. The molecule has 0 unspecified atom stereocenters. The molecule has 0 saturated heterocycles. The van der Waals surface area contributed by atoms with Gasteiger partial charge in [0, 0.05) is 10.0 Å². The van der Waals surface area contributed by atoms with Gasteiger partial charge < -0.3 is 9.47 Å². The number of carbonyl (C=O) groups excluding carboxylic acids is 2. The van der Waals surface area contributed by atoms with E-state index in [0.29, 0.717) is 22.6 Å². The van der Waals surface area contributed by atoms with Crippen molar-refractivity contribution in [3.8, 4) is 11.5 Å². The highest BCUT2D eigenvalue weighted by Crippen LogP contribution is 2.24. The maximum atomic E-state index is 12.6. The summed E-state index contributed by atoms with van der Waals surface area (Å²) in [5.41, 5.74) is 4.40. The van der Waals surface area contributed by atoms with Crippen LogP contribution in [0.2, 0.25) is 0 Å². The van der Waals surface area contributed by atoms with E-state index in [1.165, 1.54) is 6.21 Å². The zero-order valence-corrected chi connectivity index (χ0v) is 20.8. The Morgan fingerprint density at radius 2 is 1.74 bits per heavy atom. The number of aryl methyl sites for hydroxylation is 1. The van der Waals surface area contributed by atoms with Crippen LogP contribution in [0.3, 0.4) is 0 Å². The number of esters is 1. The molecular weight excluding hydrogens is 508 g/mol. The fourth-order valence-electron chi connectivity index (χ4n) is 3.40. The number of fused-ring (bicyclic) bond motifs is 1. The van der Waals surface area contributed by atoms with E-state index < -0.39 is 18.0 Å². The molecule has 7 heteroatoms. The number of halogens is 1. The number of ether oxygens (including phenoxy) is 2. The minimum Gasteiger partial charge on any atom is -0.481 e. The summed E-state index contributed by atoms with van der Waals surface area (Å²) in [6, 6.07) is 25.9. The first-order valence-corrected chi connectivity index (χ1v) is 11.7. The van der Waals surface area contributed by atoms with Gasteiger partial charge in [-0.1, -0.05) is 64.0 Å². The first-order chi connectivity index (χ1) is 16.9. The normalized spacial score (nSPS) is 11.9. The zero-order valence-electron chi connectivity index (χ0n) is 19.2. The van der Waals surface area contributed by atoms with Gasteiger partial charge in [0.1, 0.15) is 11.5 Å². The highest BCUT2D eigenvalue weighted by Gasteiger charge is 2.15. The number of hydrazone groups is 1. The lowest BCUT2D eigenvalue weighted by molar-refractivity contribution is -0.127. The topological polar surface area (TPSA) is 77.0 Å². The predicted molar refractivity (Wildman–Crippen MR) is 140 cm³/mol. The molecular formula is C28H23BrN2O4. The van der Waals surface area contributed by atoms with Crippen LogP contribution >= 0.6 is 15.9 Å². The second-order valence-electron chi connectivity index (χ2n) is 7.94. The highest BCUT2D eigenvalue weighted by molar-refractivity contribution is 9.10. The van der Waals surface area contributed by atoms with E-state index in [2.05, 4.69) is 26.5 Å². The summed E-state index contributed by atoms with van der Waals surface area (Å²) >= 11 is 3.41. The maximum absolute atomic E-state index is 12.6. The molecule has 0 radical (unpaired) electrons. The van der Waals surface area contributed by atoms with Crippen LogP contribution in [-0.2, 0) is 4.79 Å². The van der Waals surface area contributed by atoms with Crippen molar-refractivity contribution >= 4 is 44.8 Å². The molecule has 0 aliphatic heterocycles. The molecule has 6 nitrogen and oxygen atoms in total. The predicted octanol–water partition coefficient (Wildman–Crippen LogP) is 6.05. The van der Waals surface area contributed by atoms with Crippen LogP contribution in [0.1, 0.15) is 28.4 Å². The van der Waals surface area contributed by atoms with E-state index in [1.54, 1.807) is 43.3 Å². The monoisotopic (exact) mass is 530 g/mol. The molecule has 0 aliphatic rings. The van der Waals surface area contributed by atoms with Crippen LogP contribution in [-0.4, -0.2) is 24.2 Å². The van der Waals surface area contributed by atoms with Gasteiger partial charge in [-0.05, 0) is 67.1 Å². The van der Waals surface area contributed by atoms with E-state index in [9.17, 15) is 9.59 Å². The summed E-state index contributed by atoms with van der Waals surface area (Å²) in [6.07, 6.45) is 0.652. The second kappa shape index (κ2) is 11.0. The smallest absolute Gasteiger partial charge is 0.343 e. The molecule has 0 aromatic heterocycles. The quantitative estimate of drug-likeness (QED) is 0.136. The molecule has 4 aromatic rings. The Kier molecular flexibility index (Phi) is 7.57. The van der Waals surface area contributed by atoms with Crippen LogP contribution in [0.15, 0.2) is 94.5 Å². The molecule has 1 amide bonds. The van der Waals surface area contributed by atoms with Crippen molar-refractivity contribution in [2.45, 2.75) is 20.0 Å². The van der Waals surface area contributed by atoms with Crippen LogP contribution in [0, 0.1) is 6.92 Å². The Hall–Kier alpha value is -3.97. The molecule has 0 aliphatic carbocycles. The van der Waals surface area contributed by atoms with Crippen LogP contribution in [0.5, 0.6) is 11.5 Å². The molecule has 0 fully saturated rings. The minimum atomic E-state index is -0.769. The number of nitrogens with one attached hydrogen (secondary N) is 1. The first kappa shape index (κ1) is 24.2. The molecule has 4 rings (SSSR count). The fraction of sp³-hybridized carbons (Fsp3) is 0.107. The van der Waals surface area contributed by atoms with Crippen molar-refractivity contribution in [2.24, 2.45) is 5.10 Å². The third kappa shape index (κ3) is 6.33. The van der Waals surface area contributed by atoms with Gasteiger partial charge in [0.2, 0.25) is 0 Å². The fourth-order valence-corrected chi connectivity index (χ4v) is 3.78. The number of rotatable bonds is 7. The molecule has 1 atom stereocenters. The van der Waals surface area contributed by atoms with E-state index in [-0.39, 0.29) is 0 Å². The molecule has 0 bridgehead atoms. The van der Waals surface area contributed by atoms with Crippen LogP contribution in [0.25, 0.3) is 10.8 Å². The Balaban J connectivity index is 1.41. The van der Waals surface area contributed by atoms with Gasteiger partial charge in [-0.15, -0.1) is 0 Å². The number of nitrogens with zero attached hydrogens (tertiary/aromatic N) is 1. The largest absolute Gasteiger partial charge is 0.481 e. The number of benzene rings is 4. The third-order valence-corrected chi connectivity index (χ3v) is 5.70. The van der Waals surface area contributed by atoms with Gasteiger partial charge in [0.25, 0.3) is 5.91 Å². The Labute approximate surface area is 211 Å². The van der Waals surface area contributed by atoms with Gasteiger partial charge in [0.15, 0.2) is 6.10 Å². The molecule has 4 aromatic carbocycles. The molecule has 0 heterocycles. The van der Waals surface area contributed by atoms with Gasteiger partial charge in [-0.2, -0.15) is 5.10 Å². The van der Waals surface area contributed by atoms with Crippen molar-refractivity contribution in [3.05, 3.63) is 106 Å². The zero-order chi connectivity index (χ0) is 24.8. The SMILES string of the molecule is Cc1cccc(C(=O)Oc2ccc(Br)cc2/C=N\NC(=O)[C@H](C)Oc2ccc3ccccc3c2)c1. The summed E-state index contributed by atoms with van der Waals surface area (Å²) in [6.45, 7) is 3.55. The molecule has 0 saturated carbocycles. The summed E-state index contributed by atoms with van der Waals surface area (Å²) in [4.78, 5) is 25.1. The average molecular weight is 531 g/mol. The van der Waals surface area contributed by atoms with Crippen LogP contribution < -0.4 is 14.9 Å². The first-order valence-electron chi connectivity index (χ1n) is 11.0. The van der Waals surface area contributed by atoms with Crippen molar-refractivity contribution in [3.63, 3.8) is 0 Å². The van der Waals surface area contributed by atoms with Gasteiger partial charge in [-0.25, -0.2) is 10.2 Å². The lowest BCUT2D eigenvalue weighted by atomic mass is 10.1. The molecule has 176 valence electrons. The second-order valence-corrected chi connectivity index (χ2v) is 8.86. The number of amides is 1. The number of hydrogen-bond donors (Lipinski definition) is 1. The standard InChI is InChI=1S/C28H23BrN2O4/c1-18-6-5-9-22(14-18)28(33)35-26-13-11-24(29)15-23(26)17-30-31-27(32)19(2)34-25-12-10-20-7-3-4-8-21(20)16-25/h3-17,19H,1-2H3,(H,31,32)/b30-17-/t19-/m0/s1. The summed E-state index contributed by atoms with van der Waals surface area (Å²) in [7, 11) is 0. The molecule has 1 N–H and O–H groups in total. The molecule has 0 spiro atoms. The highest BCUT2D eigenvalue weighted by atomic mass is 79.9. The van der Waals surface area contributed by atoms with Crippen molar-refractivity contribution in [1.82, 2.24) is 5.43 Å². The number of hydrogen-bond acceptors (Lipinski definition) is 5. The molecule has 35 heavy (non-hydrogen) atoms. The lowest BCUT2D eigenvalue weighted by Crippen LogP contribution is -2.33. The van der Waals surface area contributed by atoms with E-state index in [0.717, 1.165) is 20.8 Å². The third-order valence-electron chi connectivity index (χ3n) is 5.21. The Morgan fingerprint density at radius 1 is 0.943 bits per heavy atom. The summed E-state index contributed by atoms with van der Waals surface area (Å²) in [5, 5.41) is 6.15. The average Bonchev–Trinajstić information content (AvgIpc) is 2.85. The minimum absolute atomic E-state index is 0.318. The van der Waals surface area contributed by atoms with Crippen molar-refractivity contribution in [2.75, 3.05) is 0 Å². The van der Waals surface area contributed by atoms with Crippen LogP contribution in [0.4, 0.5) is 0 Å². The lowest BCUT2D eigenvalue weighted by Gasteiger charge is -2.13. The number of carbonyl (C=O) groups is 2. The van der Waals surface area contributed by atoms with E-state index in [4.69, 9.17) is 9.47 Å². The van der Waals surface area contributed by atoms with Crippen molar-refractivity contribution < 1.29 is 19.1 Å². The van der Waals surface area contributed by atoms with Gasteiger partial charge in [-0.3, -0.25) is 4.79 Å². The summed E-state index contributed by atoms with van der Waals surface area (Å²) in [5.74, 6) is 0.0145. The van der Waals surface area contributed by atoms with Gasteiger partial charge >= 0.3 is 5.97 Å². The van der Waals surface area contributed by atoms with Crippen molar-refractivity contribution in [1.29, 1.82) is 0 Å². The Bertz CT molecular complexity index is 1420. The summed E-state index contributed by atoms with van der Waals surface area (Å²) < 4.78 is 12.1. The van der Waals surface area contributed by atoms with E-state index in [1.807, 2.05) is 55.5 Å².